The van der Waals surface area contributed by atoms with Gasteiger partial charge in [-0.2, -0.15) is 0 Å². The summed E-state index contributed by atoms with van der Waals surface area (Å²) >= 11 is 0. The van der Waals surface area contributed by atoms with Gasteiger partial charge >= 0.3 is 35.5 Å². The number of unbranched alkanes of at least 4 members (excludes halogenated alkanes) is 13. The fraction of sp³-hybridized carbons (Fsp3) is 0.720. The third-order valence-corrected chi connectivity index (χ3v) is 5.50. The first kappa shape index (κ1) is 28.6. The average Bonchev–Trinajstić information content (AvgIpc) is 2.70. The molecule has 0 radical (unpaired) electrons. The molecule has 29 heavy (non-hydrogen) atoms. The maximum atomic E-state index is 11.4. The summed E-state index contributed by atoms with van der Waals surface area (Å²) < 4.78 is 0. The van der Waals surface area contributed by atoms with Crippen molar-refractivity contribution in [2.24, 2.45) is 0 Å². The Morgan fingerprint density at radius 2 is 1.24 bits per heavy atom. The molecule has 0 fully saturated rings. The number of carboxylic acids is 1. The van der Waals surface area contributed by atoms with Crippen LogP contribution in [-0.4, -0.2) is 53.2 Å². The normalized spacial score (nSPS) is 11.8. The van der Waals surface area contributed by atoms with Gasteiger partial charge < -0.3 is 10.4 Å². The van der Waals surface area contributed by atoms with Gasteiger partial charge in [0.05, 0.1) is 0 Å². The number of rotatable bonds is 19. The van der Waals surface area contributed by atoms with E-state index in [1.54, 1.807) is 0 Å². The molecule has 1 aromatic rings. The van der Waals surface area contributed by atoms with E-state index in [-0.39, 0.29) is 29.6 Å². The van der Waals surface area contributed by atoms with Crippen LogP contribution in [0.3, 0.4) is 0 Å². The Hall–Kier alpha value is -0.350. The Morgan fingerprint density at radius 3 is 1.69 bits per heavy atom. The van der Waals surface area contributed by atoms with Gasteiger partial charge in [0.2, 0.25) is 0 Å². The molecule has 0 amide bonds. The molecule has 0 aliphatic heterocycles. The zero-order valence-electron chi connectivity index (χ0n) is 18.1. The van der Waals surface area contributed by atoms with Crippen LogP contribution in [0.15, 0.2) is 30.3 Å². The van der Waals surface area contributed by atoms with E-state index < -0.39 is 12.0 Å². The molecular weight excluding hydrogens is 369 g/mol. The van der Waals surface area contributed by atoms with Crippen LogP contribution >= 0.6 is 0 Å². The van der Waals surface area contributed by atoms with Crippen molar-refractivity contribution in [1.29, 1.82) is 0 Å². The van der Waals surface area contributed by atoms with Gasteiger partial charge in [-0.05, 0) is 24.9 Å². The minimum absolute atomic E-state index is 0. The number of nitrogens with one attached hydrogen (secondary N) is 1. The van der Waals surface area contributed by atoms with E-state index in [1.807, 2.05) is 30.3 Å². The second-order valence-electron chi connectivity index (χ2n) is 8.13. The Labute approximate surface area is 201 Å². The van der Waals surface area contributed by atoms with Crippen LogP contribution in [0.1, 0.15) is 102 Å². The molecular formula is C25H44NNaO2. The number of hydrogen-bond donors (Lipinski definition) is 2. The van der Waals surface area contributed by atoms with E-state index in [1.165, 1.54) is 83.5 Å². The second kappa shape index (κ2) is 20.9. The van der Waals surface area contributed by atoms with Gasteiger partial charge in [-0.3, -0.25) is 4.79 Å². The number of hydrogen-bond acceptors (Lipinski definition) is 2. The molecule has 0 aliphatic carbocycles. The molecule has 4 heteroatoms. The second-order valence-corrected chi connectivity index (χ2v) is 8.13. The Kier molecular flexibility index (Phi) is 20.7. The SMILES string of the molecule is CCCCCCCCCCCCCCCCN[C@@H](Cc1ccccc1)C(=O)O.[NaH]. The molecule has 0 saturated carbocycles. The topological polar surface area (TPSA) is 49.3 Å². The van der Waals surface area contributed by atoms with Crippen LogP contribution in [-0.2, 0) is 11.2 Å². The molecule has 1 atom stereocenters. The zero-order chi connectivity index (χ0) is 20.3. The van der Waals surface area contributed by atoms with Crippen molar-refractivity contribution < 1.29 is 9.90 Å². The van der Waals surface area contributed by atoms with Gasteiger partial charge in [-0.15, -0.1) is 0 Å². The summed E-state index contributed by atoms with van der Waals surface area (Å²) in [6.07, 6.45) is 19.4. The molecule has 3 nitrogen and oxygen atoms in total. The van der Waals surface area contributed by atoms with Gasteiger partial charge in [-0.25, -0.2) is 0 Å². The van der Waals surface area contributed by atoms with E-state index in [0.29, 0.717) is 6.42 Å². The number of aliphatic carboxylic acids is 1. The van der Waals surface area contributed by atoms with Crippen LogP contribution in [0.4, 0.5) is 0 Å². The molecule has 0 spiro atoms. The first-order chi connectivity index (χ1) is 13.7. The third kappa shape index (κ3) is 17.1. The third-order valence-electron chi connectivity index (χ3n) is 5.50. The van der Waals surface area contributed by atoms with Gasteiger partial charge in [0.25, 0.3) is 0 Å². The van der Waals surface area contributed by atoms with E-state index >= 15 is 0 Å². The zero-order valence-corrected chi connectivity index (χ0v) is 18.1. The van der Waals surface area contributed by atoms with Crippen molar-refractivity contribution in [3.8, 4) is 0 Å². The van der Waals surface area contributed by atoms with Crippen LogP contribution in [0.25, 0.3) is 0 Å². The van der Waals surface area contributed by atoms with Gasteiger partial charge in [-0.1, -0.05) is 121 Å². The maximum absolute atomic E-state index is 11.4. The van der Waals surface area contributed by atoms with E-state index in [9.17, 15) is 9.90 Å². The first-order valence-corrected chi connectivity index (χ1v) is 11.7. The minimum atomic E-state index is -0.755. The van der Waals surface area contributed by atoms with Crippen molar-refractivity contribution in [2.45, 2.75) is 109 Å². The number of benzene rings is 1. The predicted octanol–water partition coefficient (Wildman–Crippen LogP) is 6.10. The fourth-order valence-corrected chi connectivity index (χ4v) is 3.69. The molecule has 1 aromatic carbocycles. The monoisotopic (exact) mass is 413 g/mol. The fourth-order valence-electron chi connectivity index (χ4n) is 3.69. The van der Waals surface area contributed by atoms with E-state index in [4.69, 9.17) is 0 Å². The standard InChI is InChI=1S/C25H43NO2.Na.H/c1-2-3-4-5-6-7-8-9-10-11-12-13-14-18-21-26-24(25(27)28)22-23-19-16-15-17-20-23;;/h15-17,19-20,24,26H,2-14,18,21-22H2,1H3,(H,27,28);;/t24-;;/m0../s1. The molecule has 0 aliphatic rings. The van der Waals surface area contributed by atoms with Crippen molar-refractivity contribution in [1.82, 2.24) is 5.32 Å². The summed E-state index contributed by atoms with van der Waals surface area (Å²) in [7, 11) is 0. The van der Waals surface area contributed by atoms with Crippen molar-refractivity contribution in [3.05, 3.63) is 35.9 Å². The molecule has 162 valence electrons. The molecule has 2 N–H and O–H groups in total. The first-order valence-electron chi connectivity index (χ1n) is 11.7. The van der Waals surface area contributed by atoms with Crippen molar-refractivity contribution in [3.63, 3.8) is 0 Å². The summed E-state index contributed by atoms with van der Waals surface area (Å²) in [4.78, 5) is 11.4. The molecule has 0 bridgehead atoms. The summed E-state index contributed by atoms with van der Waals surface area (Å²) in [5.74, 6) is -0.755. The molecule has 0 unspecified atom stereocenters. The molecule has 0 aromatic heterocycles. The molecule has 0 saturated heterocycles. The quantitative estimate of drug-likeness (QED) is 0.213. The Morgan fingerprint density at radius 1 is 0.793 bits per heavy atom. The van der Waals surface area contributed by atoms with Crippen molar-refractivity contribution >= 4 is 35.5 Å². The van der Waals surface area contributed by atoms with Crippen LogP contribution in [0.2, 0.25) is 0 Å². The summed E-state index contributed by atoms with van der Waals surface area (Å²) in [5.41, 5.74) is 1.07. The number of carboxylic acid groups (broad SMARTS) is 1. The van der Waals surface area contributed by atoms with Crippen molar-refractivity contribution in [2.75, 3.05) is 6.54 Å². The van der Waals surface area contributed by atoms with Gasteiger partial charge in [0, 0.05) is 0 Å². The Balaban J connectivity index is 0.00000784. The van der Waals surface area contributed by atoms with Crippen LogP contribution in [0, 0.1) is 0 Å². The summed E-state index contributed by atoms with van der Waals surface area (Å²) in [6.45, 7) is 3.07. The summed E-state index contributed by atoms with van der Waals surface area (Å²) in [5, 5.41) is 12.6. The van der Waals surface area contributed by atoms with Gasteiger partial charge in [0.1, 0.15) is 6.04 Å². The predicted molar refractivity (Wildman–Crippen MR) is 127 cm³/mol. The Bertz CT molecular complexity index is 481. The van der Waals surface area contributed by atoms with E-state index in [2.05, 4.69) is 12.2 Å². The average molecular weight is 414 g/mol. The molecule has 1 rings (SSSR count). The van der Waals surface area contributed by atoms with Gasteiger partial charge in [0.15, 0.2) is 0 Å². The summed E-state index contributed by atoms with van der Waals surface area (Å²) in [6, 6.07) is 9.38. The molecule has 0 heterocycles. The van der Waals surface area contributed by atoms with Crippen LogP contribution in [0.5, 0.6) is 0 Å². The number of carbonyl (C=O) groups is 1. The van der Waals surface area contributed by atoms with Crippen LogP contribution < -0.4 is 5.32 Å². The van der Waals surface area contributed by atoms with E-state index in [0.717, 1.165) is 18.5 Å².